The lowest BCUT2D eigenvalue weighted by Crippen LogP contribution is -2.53. The van der Waals surface area contributed by atoms with E-state index >= 15 is 0 Å². The van der Waals surface area contributed by atoms with Crippen molar-refractivity contribution in [3.05, 3.63) is 41.0 Å². The van der Waals surface area contributed by atoms with Gasteiger partial charge in [-0.2, -0.15) is 0 Å². The van der Waals surface area contributed by atoms with Gasteiger partial charge in [0.2, 0.25) is 0 Å². The number of fused-ring (bicyclic) bond motifs is 4. The van der Waals surface area contributed by atoms with Crippen LogP contribution < -0.4 is 4.90 Å². The molecule has 1 aliphatic heterocycles. The van der Waals surface area contributed by atoms with Crippen LogP contribution in [0, 0.1) is 17.3 Å². The molecule has 1 aromatic carbocycles. The lowest BCUT2D eigenvalue weighted by Gasteiger charge is -2.55. The van der Waals surface area contributed by atoms with Crippen LogP contribution in [-0.4, -0.2) is 49.6 Å². The normalized spacial score (nSPS) is 39.4. The molecule has 5 atom stereocenters. The second-order valence-electron chi connectivity index (χ2n) is 11.6. The number of anilines is 1. The van der Waals surface area contributed by atoms with E-state index in [1.54, 1.807) is 0 Å². The van der Waals surface area contributed by atoms with Crippen molar-refractivity contribution in [1.29, 1.82) is 0 Å². The Morgan fingerprint density at radius 2 is 1.76 bits per heavy atom. The summed E-state index contributed by atoms with van der Waals surface area (Å²) in [6, 6.07) is 8.86. The highest BCUT2D eigenvalue weighted by Gasteiger charge is 2.60. The number of nitrogens with zero attached hydrogens (tertiary/aromatic N) is 1. The van der Waals surface area contributed by atoms with Gasteiger partial charge in [-0.25, -0.2) is 0 Å². The molecule has 4 fully saturated rings. The molecule has 0 aromatic heterocycles. The third-order valence-corrected chi connectivity index (χ3v) is 9.75. The van der Waals surface area contributed by atoms with Gasteiger partial charge in [-0.1, -0.05) is 24.6 Å². The quantitative estimate of drug-likeness (QED) is 0.667. The van der Waals surface area contributed by atoms with Crippen molar-refractivity contribution >= 4 is 11.5 Å². The predicted molar refractivity (Wildman–Crippen MR) is 127 cm³/mol. The van der Waals surface area contributed by atoms with Crippen LogP contribution in [0.25, 0.3) is 0 Å². The molecular formula is C28H37NO4. The highest BCUT2D eigenvalue weighted by Crippen LogP contribution is 2.64. The maximum atomic E-state index is 13.1. The van der Waals surface area contributed by atoms with Crippen LogP contribution in [0.3, 0.4) is 0 Å². The van der Waals surface area contributed by atoms with E-state index in [1.165, 1.54) is 22.4 Å². The molecule has 4 aliphatic carbocycles. The van der Waals surface area contributed by atoms with E-state index in [0.717, 1.165) is 38.5 Å². The lowest BCUT2D eigenvalue weighted by molar-refractivity contribution is -0.208. The van der Waals surface area contributed by atoms with E-state index < -0.39 is 11.4 Å². The van der Waals surface area contributed by atoms with E-state index in [9.17, 15) is 9.90 Å². The molecule has 6 rings (SSSR count). The fourth-order valence-corrected chi connectivity index (χ4v) is 8.09. The molecule has 0 radical (unpaired) electrons. The zero-order chi connectivity index (χ0) is 23.0. The second kappa shape index (κ2) is 7.40. The third kappa shape index (κ3) is 3.19. The summed E-state index contributed by atoms with van der Waals surface area (Å²) in [5.41, 5.74) is 4.05. The summed E-state index contributed by atoms with van der Waals surface area (Å²) in [7, 11) is 4.12. The van der Waals surface area contributed by atoms with Crippen LogP contribution in [0.1, 0.15) is 69.8 Å². The van der Waals surface area contributed by atoms with Gasteiger partial charge in [0.15, 0.2) is 5.79 Å². The molecule has 1 N–H and O–H groups in total. The average molecular weight is 452 g/mol. The van der Waals surface area contributed by atoms with Gasteiger partial charge in [-0.15, -0.1) is 0 Å². The highest BCUT2D eigenvalue weighted by molar-refractivity contribution is 5.87. The Morgan fingerprint density at radius 3 is 2.45 bits per heavy atom. The molecule has 1 aromatic rings. The van der Waals surface area contributed by atoms with Gasteiger partial charge in [0.05, 0.1) is 18.8 Å². The lowest BCUT2D eigenvalue weighted by atomic mass is 9.51. The number of Topliss-reactive ketones (excluding diaryl/α,β-unsaturated/α-hetero) is 1. The van der Waals surface area contributed by atoms with Crippen LogP contribution in [0.5, 0.6) is 0 Å². The minimum Gasteiger partial charge on any atom is -0.385 e. The first-order valence-corrected chi connectivity index (χ1v) is 12.8. The summed E-state index contributed by atoms with van der Waals surface area (Å²) in [6.45, 7) is 3.47. The standard InChI is InChI=1S/C28H37NO4/c1-26-16-21(18-4-6-19(7-5-18)29(2)3)25-20(22(26)8-9-24(26)30)10-12-27(31)17-28(13-11-23(25)27)32-14-15-33-28/h4-7,20-22,31H,8-17H2,1-3H3/t20-,21+,22+,26-,27+/m0/s1. The number of carbonyl (C=O) groups excluding carboxylic acids is 1. The predicted octanol–water partition coefficient (Wildman–Crippen LogP) is 4.59. The number of carbonyl (C=O) groups is 1. The largest absolute Gasteiger partial charge is 0.385 e. The third-order valence-electron chi connectivity index (χ3n) is 9.75. The van der Waals surface area contributed by atoms with Crippen LogP contribution >= 0.6 is 0 Å². The van der Waals surface area contributed by atoms with Crippen molar-refractivity contribution in [3.8, 4) is 0 Å². The Morgan fingerprint density at radius 1 is 1.03 bits per heavy atom. The summed E-state index contributed by atoms with van der Waals surface area (Å²) in [4.78, 5) is 15.3. The molecule has 178 valence electrons. The van der Waals surface area contributed by atoms with Crippen LogP contribution in [0.2, 0.25) is 0 Å². The van der Waals surface area contributed by atoms with Crippen LogP contribution in [0.15, 0.2) is 35.4 Å². The van der Waals surface area contributed by atoms with E-state index in [1.807, 2.05) is 0 Å². The first-order chi connectivity index (χ1) is 15.7. The monoisotopic (exact) mass is 451 g/mol. The van der Waals surface area contributed by atoms with Crippen LogP contribution in [-0.2, 0) is 14.3 Å². The van der Waals surface area contributed by atoms with Gasteiger partial charge in [0, 0.05) is 50.4 Å². The van der Waals surface area contributed by atoms with Gasteiger partial charge < -0.3 is 19.5 Å². The smallest absolute Gasteiger partial charge is 0.171 e. The topological polar surface area (TPSA) is 59.0 Å². The fourth-order valence-electron chi connectivity index (χ4n) is 8.09. The van der Waals surface area contributed by atoms with Crippen molar-refractivity contribution in [2.45, 2.75) is 75.6 Å². The summed E-state index contributed by atoms with van der Waals surface area (Å²) < 4.78 is 12.0. The highest BCUT2D eigenvalue weighted by atomic mass is 16.7. The van der Waals surface area contributed by atoms with Gasteiger partial charge in [-0.3, -0.25) is 4.79 Å². The maximum absolute atomic E-state index is 13.1. The molecule has 1 saturated heterocycles. The molecule has 5 aliphatic rings. The summed E-state index contributed by atoms with van der Waals surface area (Å²) in [6.07, 6.45) is 6.45. The first kappa shape index (κ1) is 21.8. The van der Waals surface area contributed by atoms with Crippen LogP contribution in [0.4, 0.5) is 5.69 Å². The summed E-state index contributed by atoms with van der Waals surface area (Å²) in [5, 5.41) is 12.0. The summed E-state index contributed by atoms with van der Waals surface area (Å²) in [5.74, 6) is 0.826. The number of rotatable bonds is 2. The average Bonchev–Trinajstić information content (AvgIpc) is 3.36. The minimum atomic E-state index is -0.855. The van der Waals surface area contributed by atoms with Gasteiger partial charge in [0.1, 0.15) is 5.78 Å². The molecule has 5 heteroatoms. The second-order valence-corrected chi connectivity index (χ2v) is 11.6. The number of aliphatic hydroxyl groups is 1. The van der Waals surface area contributed by atoms with E-state index in [2.05, 4.69) is 50.2 Å². The molecule has 0 unspecified atom stereocenters. The SMILES string of the molecule is CN(C)c1ccc([C@H]2C[C@]3(C)C(=O)CC[C@@H]3[C@@H]3CC[C@@]4(O)CC5(CCC4=C32)OCCO5)cc1. The Labute approximate surface area is 197 Å². The molecule has 5 nitrogen and oxygen atoms in total. The summed E-state index contributed by atoms with van der Waals surface area (Å²) >= 11 is 0. The molecule has 0 amide bonds. The number of allylic oxidation sites excluding steroid dienone is 1. The Balaban J connectivity index is 1.46. The molecule has 1 heterocycles. The number of benzene rings is 1. The zero-order valence-corrected chi connectivity index (χ0v) is 20.2. The molecule has 3 saturated carbocycles. The molecule has 33 heavy (non-hydrogen) atoms. The maximum Gasteiger partial charge on any atom is 0.171 e. The molecular weight excluding hydrogens is 414 g/mol. The Kier molecular flexibility index (Phi) is 4.89. The van der Waals surface area contributed by atoms with E-state index in [4.69, 9.17) is 9.47 Å². The Bertz CT molecular complexity index is 992. The number of ketones is 1. The number of hydrogen-bond acceptors (Lipinski definition) is 5. The molecule has 1 spiro atoms. The van der Waals surface area contributed by atoms with Crippen molar-refractivity contribution in [3.63, 3.8) is 0 Å². The fraction of sp³-hybridized carbons (Fsp3) is 0.679. The van der Waals surface area contributed by atoms with Gasteiger partial charge >= 0.3 is 0 Å². The van der Waals surface area contributed by atoms with E-state index in [-0.39, 0.29) is 11.3 Å². The van der Waals surface area contributed by atoms with Gasteiger partial charge in [-0.05, 0) is 67.2 Å². The zero-order valence-electron chi connectivity index (χ0n) is 20.2. The number of hydrogen-bond donors (Lipinski definition) is 1. The first-order valence-electron chi connectivity index (χ1n) is 12.8. The van der Waals surface area contributed by atoms with Crippen molar-refractivity contribution in [2.75, 3.05) is 32.2 Å². The van der Waals surface area contributed by atoms with Gasteiger partial charge in [0.25, 0.3) is 0 Å². The van der Waals surface area contributed by atoms with Crippen molar-refractivity contribution in [1.82, 2.24) is 0 Å². The van der Waals surface area contributed by atoms with E-state index in [0.29, 0.717) is 43.7 Å². The van der Waals surface area contributed by atoms with Crippen molar-refractivity contribution < 1.29 is 19.4 Å². The Hall–Kier alpha value is -1.69. The number of ether oxygens (including phenoxy) is 2. The van der Waals surface area contributed by atoms with Crippen molar-refractivity contribution in [2.24, 2.45) is 17.3 Å². The molecule has 0 bridgehead atoms. The minimum absolute atomic E-state index is 0.191.